The Balaban J connectivity index is 1.84. The lowest BCUT2D eigenvalue weighted by atomic mass is 9.90. The van der Waals surface area contributed by atoms with Crippen LogP contribution < -0.4 is 0 Å². The van der Waals surface area contributed by atoms with E-state index in [0.717, 1.165) is 0 Å². The molecule has 0 aromatic heterocycles. The first-order valence-electron chi connectivity index (χ1n) is 5.45. The van der Waals surface area contributed by atoms with Gasteiger partial charge in [-0.15, -0.1) is 0 Å². The minimum absolute atomic E-state index is 1.19. The van der Waals surface area contributed by atoms with Crippen LogP contribution >= 0.6 is 0 Å². The van der Waals surface area contributed by atoms with E-state index >= 15 is 0 Å². The summed E-state index contributed by atoms with van der Waals surface area (Å²) in [7, 11) is 0. The lowest BCUT2D eigenvalue weighted by Crippen LogP contribution is -2.08. The standard InChI is InChI=1S/C11H18/c1-3-8-7-9-4-2-6-11(9)10(8)5-1/h8-11H,1-7H2/t8-,9-,10-,11-/m1/s1. The Morgan fingerprint density at radius 2 is 1.18 bits per heavy atom. The van der Waals surface area contributed by atoms with Gasteiger partial charge in [-0.25, -0.2) is 0 Å². The highest BCUT2D eigenvalue weighted by Gasteiger charge is 2.46. The molecular weight excluding hydrogens is 132 g/mol. The largest absolute Gasteiger partial charge is 0.0527 e. The Bertz CT molecular complexity index is 143. The van der Waals surface area contributed by atoms with Gasteiger partial charge in [0, 0.05) is 0 Å². The molecule has 62 valence electrons. The van der Waals surface area contributed by atoms with Crippen LogP contribution in [0.15, 0.2) is 0 Å². The maximum atomic E-state index is 1.62. The second-order valence-corrected chi connectivity index (χ2v) is 4.95. The van der Waals surface area contributed by atoms with Gasteiger partial charge in [-0.1, -0.05) is 25.7 Å². The van der Waals surface area contributed by atoms with Gasteiger partial charge in [-0.2, -0.15) is 0 Å². The second kappa shape index (κ2) is 2.24. The molecule has 3 aliphatic carbocycles. The zero-order valence-electron chi connectivity index (χ0n) is 7.26. The fourth-order valence-electron chi connectivity index (χ4n) is 4.23. The van der Waals surface area contributed by atoms with Gasteiger partial charge >= 0.3 is 0 Å². The Morgan fingerprint density at radius 3 is 1.73 bits per heavy atom. The molecule has 0 radical (unpaired) electrons. The first-order chi connectivity index (χ1) is 5.45. The average molecular weight is 150 g/mol. The van der Waals surface area contributed by atoms with Crippen LogP contribution in [0.2, 0.25) is 0 Å². The minimum Gasteiger partial charge on any atom is -0.0527 e. The Labute approximate surface area is 69.4 Å². The first-order valence-corrected chi connectivity index (χ1v) is 5.45. The van der Waals surface area contributed by atoms with E-state index < -0.39 is 0 Å². The average Bonchev–Trinajstić information content (AvgIpc) is 2.52. The van der Waals surface area contributed by atoms with Gasteiger partial charge in [-0.3, -0.25) is 0 Å². The highest BCUT2D eigenvalue weighted by atomic mass is 14.5. The molecule has 0 heteroatoms. The van der Waals surface area contributed by atoms with Crippen LogP contribution in [-0.4, -0.2) is 0 Å². The van der Waals surface area contributed by atoms with Crippen LogP contribution in [0.1, 0.15) is 44.9 Å². The molecule has 0 heterocycles. The smallest absolute Gasteiger partial charge is 0.0355 e. The number of hydrogen-bond donors (Lipinski definition) is 0. The van der Waals surface area contributed by atoms with Crippen molar-refractivity contribution in [2.45, 2.75) is 44.9 Å². The van der Waals surface area contributed by atoms with E-state index in [0.29, 0.717) is 0 Å². The molecule has 11 heavy (non-hydrogen) atoms. The highest BCUT2D eigenvalue weighted by molar-refractivity contribution is 4.96. The van der Waals surface area contributed by atoms with Crippen LogP contribution in [0.4, 0.5) is 0 Å². The molecule has 0 amide bonds. The van der Waals surface area contributed by atoms with E-state index in [4.69, 9.17) is 0 Å². The molecule has 0 aromatic carbocycles. The molecule has 4 atom stereocenters. The summed E-state index contributed by atoms with van der Waals surface area (Å²) in [6.07, 6.45) is 11.1. The molecule has 0 spiro atoms. The first kappa shape index (κ1) is 6.51. The van der Waals surface area contributed by atoms with E-state index in [2.05, 4.69) is 0 Å². The van der Waals surface area contributed by atoms with Crippen LogP contribution in [0.25, 0.3) is 0 Å². The van der Waals surface area contributed by atoms with Crippen molar-refractivity contribution in [3.63, 3.8) is 0 Å². The molecule has 3 aliphatic rings. The van der Waals surface area contributed by atoms with Crippen molar-refractivity contribution in [1.82, 2.24) is 0 Å². The van der Waals surface area contributed by atoms with Crippen molar-refractivity contribution in [2.75, 3.05) is 0 Å². The molecule has 0 nitrogen and oxygen atoms in total. The van der Waals surface area contributed by atoms with Gasteiger partial charge in [0.25, 0.3) is 0 Å². The van der Waals surface area contributed by atoms with E-state index in [-0.39, 0.29) is 0 Å². The number of fused-ring (bicyclic) bond motifs is 3. The highest BCUT2D eigenvalue weighted by Crippen LogP contribution is 2.56. The molecule has 0 unspecified atom stereocenters. The van der Waals surface area contributed by atoms with E-state index in [1.54, 1.807) is 44.9 Å². The van der Waals surface area contributed by atoms with E-state index in [1.807, 2.05) is 0 Å². The Hall–Kier alpha value is 0. The summed E-state index contributed by atoms with van der Waals surface area (Å²) in [6.45, 7) is 0. The zero-order valence-corrected chi connectivity index (χ0v) is 7.26. The minimum atomic E-state index is 1.19. The quantitative estimate of drug-likeness (QED) is 0.497. The second-order valence-electron chi connectivity index (χ2n) is 4.95. The van der Waals surface area contributed by atoms with Gasteiger partial charge in [-0.05, 0) is 42.9 Å². The van der Waals surface area contributed by atoms with Crippen molar-refractivity contribution in [3.8, 4) is 0 Å². The van der Waals surface area contributed by atoms with Crippen molar-refractivity contribution in [1.29, 1.82) is 0 Å². The van der Waals surface area contributed by atoms with Crippen LogP contribution in [-0.2, 0) is 0 Å². The molecule has 0 aliphatic heterocycles. The van der Waals surface area contributed by atoms with E-state index in [9.17, 15) is 0 Å². The molecule has 0 N–H and O–H groups in total. The molecule has 3 fully saturated rings. The van der Waals surface area contributed by atoms with Crippen LogP contribution in [0.5, 0.6) is 0 Å². The molecule has 3 rings (SSSR count). The van der Waals surface area contributed by atoms with Gasteiger partial charge in [0.05, 0.1) is 0 Å². The van der Waals surface area contributed by atoms with Crippen molar-refractivity contribution in [3.05, 3.63) is 0 Å². The molecule has 3 saturated carbocycles. The van der Waals surface area contributed by atoms with Crippen LogP contribution in [0, 0.1) is 23.7 Å². The maximum Gasteiger partial charge on any atom is -0.0355 e. The summed E-state index contributed by atoms with van der Waals surface area (Å²) >= 11 is 0. The Kier molecular flexibility index (Phi) is 1.33. The maximum absolute atomic E-state index is 1.62. The fourth-order valence-corrected chi connectivity index (χ4v) is 4.23. The lowest BCUT2D eigenvalue weighted by molar-refractivity contribution is 0.334. The third kappa shape index (κ3) is 0.816. The summed E-state index contributed by atoms with van der Waals surface area (Å²) in [4.78, 5) is 0. The van der Waals surface area contributed by atoms with Crippen molar-refractivity contribution in [2.24, 2.45) is 23.7 Å². The summed E-state index contributed by atoms with van der Waals surface area (Å²) < 4.78 is 0. The molecule has 0 saturated heterocycles. The SMILES string of the molecule is C1C[C@@H]2C[C@H]3CCC[C@H]3[C@@H]2C1. The normalized spacial score (nSPS) is 54.5. The summed E-state index contributed by atoms with van der Waals surface area (Å²) in [5, 5.41) is 0. The monoisotopic (exact) mass is 150 g/mol. The lowest BCUT2D eigenvalue weighted by Gasteiger charge is -2.15. The zero-order chi connectivity index (χ0) is 7.26. The fraction of sp³-hybridized carbons (Fsp3) is 1.00. The van der Waals surface area contributed by atoms with Gasteiger partial charge in [0.1, 0.15) is 0 Å². The van der Waals surface area contributed by atoms with Crippen molar-refractivity contribution >= 4 is 0 Å². The molecule has 0 aromatic rings. The third-order valence-corrected chi connectivity index (χ3v) is 4.59. The van der Waals surface area contributed by atoms with Crippen molar-refractivity contribution < 1.29 is 0 Å². The van der Waals surface area contributed by atoms with Gasteiger partial charge in [0.15, 0.2) is 0 Å². The van der Waals surface area contributed by atoms with Gasteiger partial charge in [0.2, 0.25) is 0 Å². The predicted octanol–water partition coefficient (Wildman–Crippen LogP) is 3.22. The number of rotatable bonds is 0. The summed E-state index contributed by atoms with van der Waals surface area (Å²) in [5.74, 6) is 4.76. The third-order valence-electron chi connectivity index (χ3n) is 4.59. The molecular formula is C11H18. The Morgan fingerprint density at radius 1 is 0.636 bits per heavy atom. The summed E-state index contributed by atoms with van der Waals surface area (Å²) in [5.41, 5.74) is 0. The van der Waals surface area contributed by atoms with Crippen LogP contribution in [0.3, 0.4) is 0 Å². The summed E-state index contributed by atoms with van der Waals surface area (Å²) in [6, 6.07) is 0. The number of hydrogen-bond acceptors (Lipinski definition) is 0. The van der Waals surface area contributed by atoms with Gasteiger partial charge < -0.3 is 0 Å². The topological polar surface area (TPSA) is 0 Å². The molecule has 0 bridgehead atoms. The predicted molar refractivity (Wildman–Crippen MR) is 46.3 cm³/mol. The van der Waals surface area contributed by atoms with E-state index in [1.165, 1.54) is 23.7 Å².